The number of halogens is 1. The van der Waals surface area contributed by atoms with Gasteiger partial charge in [0.1, 0.15) is 18.2 Å². The second kappa shape index (κ2) is 10.1. The number of hydrogen-bond acceptors (Lipinski definition) is 3. The maximum Gasteiger partial charge on any atom is 0.254 e. The van der Waals surface area contributed by atoms with Crippen LogP contribution in [0.25, 0.3) is 11.0 Å². The molecular weight excluding hydrogens is 419 g/mol. The zero-order chi connectivity index (χ0) is 23.2. The lowest BCUT2D eigenvalue weighted by atomic mass is 10.2. The third kappa shape index (κ3) is 5.09. The lowest BCUT2D eigenvalue weighted by Gasteiger charge is -2.18. The van der Waals surface area contributed by atoms with Crippen molar-refractivity contribution in [2.45, 2.75) is 19.4 Å². The molecule has 0 atom stereocenters. The number of amides is 2. The Balaban J connectivity index is 1.44. The normalized spacial score (nSPS) is 10.8. The monoisotopic (exact) mass is 444 g/mol. The van der Waals surface area contributed by atoms with Gasteiger partial charge in [0.25, 0.3) is 5.91 Å². The average molecular weight is 445 g/mol. The first-order valence-electron chi connectivity index (χ1n) is 10.8. The third-order valence-electron chi connectivity index (χ3n) is 5.53. The number of benzene rings is 3. The predicted octanol–water partition coefficient (Wildman–Crippen LogP) is 4.20. The molecule has 0 fully saturated rings. The maximum absolute atomic E-state index is 13.8. The molecule has 7 heteroatoms. The van der Waals surface area contributed by atoms with E-state index in [9.17, 15) is 14.0 Å². The fourth-order valence-corrected chi connectivity index (χ4v) is 3.72. The Bertz CT molecular complexity index is 1270. The first-order chi connectivity index (χ1) is 16.0. The number of hydrogen-bond donors (Lipinski definition) is 1. The van der Waals surface area contributed by atoms with E-state index in [2.05, 4.69) is 5.32 Å². The molecule has 168 valence electrons. The molecule has 6 nitrogen and oxygen atoms in total. The Labute approximate surface area is 191 Å². The van der Waals surface area contributed by atoms with Gasteiger partial charge in [0.2, 0.25) is 5.91 Å². The topological polar surface area (TPSA) is 67.2 Å². The van der Waals surface area contributed by atoms with E-state index in [1.807, 2.05) is 59.2 Å². The minimum Gasteiger partial charge on any atom is -0.352 e. The third-order valence-corrected chi connectivity index (χ3v) is 5.53. The van der Waals surface area contributed by atoms with Gasteiger partial charge in [-0.15, -0.1) is 0 Å². The molecule has 0 bridgehead atoms. The predicted molar refractivity (Wildman–Crippen MR) is 127 cm³/mol. The molecule has 0 unspecified atom stereocenters. The van der Waals surface area contributed by atoms with E-state index in [1.165, 1.54) is 12.1 Å². The summed E-state index contributed by atoms with van der Waals surface area (Å²) in [6.07, 6.45) is 1.17. The van der Waals surface area contributed by atoms with Crippen LogP contribution in [0.3, 0.4) is 0 Å². The minimum absolute atomic E-state index is 0.0271. The first kappa shape index (κ1) is 22.2. The van der Waals surface area contributed by atoms with Gasteiger partial charge in [-0.2, -0.15) is 0 Å². The number of carbonyl (C=O) groups excluding carboxylic acids is 2. The Kier molecular flexibility index (Phi) is 6.78. The highest BCUT2D eigenvalue weighted by Gasteiger charge is 2.17. The van der Waals surface area contributed by atoms with Gasteiger partial charge in [0.05, 0.1) is 16.6 Å². The van der Waals surface area contributed by atoms with Crippen LogP contribution in [0.1, 0.15) is 22.6 Å². The van der Waals surface area contributed by atoms with Crippen LogP contribution in [-0.4, -0.2) is 35.0 Å². The molecule has 0 spiro atoms. The molecule has 3 aromatic carbocycles. The van der Waals surface area contributed by atoms with E-state index in [-0.39, 0.29) is 18.0 Å². The summed E-state index contributed by atoms with van der Waals surface area (Å²) in [7, 11) is 1.76. The van der Waals surface area contributed by atoms with Crippen LogP contribution in [0.4, 0.5) is 10.1 Å². The number of rotatable bonds is 8. The van der Waals surface area contributed by atoms with Crippen LogP contribution in [0, 0.1) is 5.82 Å². The fourth-order valence-electron chi connectivity index (χ4n) is 3.72. The average Bonchev–Trinajstić information content (AvgIpc) is 3.19. The van der Waals surface area contributed by atoms with E-state index < -0.39 is 11.7 Å². The van der Waals surface area contributed by atoms with E-state index in [4.69, 9.17) is 4.98 Å². The molecule has 4 aromatic rings. The highest BCUT2D eigenvalue weighted by molar-refractivity contribution is 5.94. The number of likely N-dealkylation sites (N-methyl/N-ethyl adjacent to an activating group) is 1. The van der Waals surface area contributed by atoms with Crippen molar-refractivity contribution < 1.29 is 14.0 Å². The molecule has 1 heterocycles. The van der Waals surface area contributed by atoms with Gasteiger partial charge in [0.15, 0.2) is 0 Å². The molecule has 2 amide bonds. The molecule has 0 saturated carbocycles. The summed E-state index contributed by atoms with van der Waals surface area (Å²) in [5, 5.41) is 2.75. The van der Waals surface area contributed by atoms with Crippen molar-refractivity contribution in [2.75, 3.05) is 18.5 Å². The van der Waals surface area contributed by atoms with Gasteiger partial charge in [-0.3, -0.25) is 9.59 Å². The number of aromatic nitrogens is 2. The summed E-state index contributed by atoms with van der Waals surface area (Å²) in [5.74, 6) is -0.274. The molecule has 0 aliphatic heterocycles. The van der Waals surface area contributed by atoms with E-state index in [1.54, 1.807) is 24.1 Å². The van der Waals surface area contributed by atoms with E-state index in [0.717, 1.165) is 22.5 Å². The molecule has 0 aliphatic carbocycles. The quantitative estimate of drug-likeness (QED) is 0.414. The largest absolute Gasteiger partial charge is 0.352 e. The highest BCUT2D eigenvalue weighted by Crippen LogP contribution is 2.19. The van der Waals surface area contributed by atoms with Gasteiger partial charge in [-0.05, 0) is 42.8 Å². The number of imidazole rings is 1. The molecule has 33 heavy (non-hydrogen) atoms. The van der Waals surface area contributed by atoms with Gasteiger partial charge in [-0.1, -0.05) is 42.5 Å². The number of aryl methyl sites for hydroxylation is 1. The van der Waals surface area contributed by atoms with Crippen LogP contribution in [0.2, 0.25) is 0 Å². The summed E-state index contributed by atoms with van der Waals surface area (Å²) < 4.78 is 15.7. The summed E-state index contributed by atoms with van der Waals surface area (Å²) in [6, 6.07) is 23.1. The molecular formula is C26H25FN4O2. The number of carbonyl (C=O) groups is 2. The van der Waals surface area contributed by atoms with Crippen LogP contribution in [0.15, 0.2) is 78.9 Å². The molecule has 4 rings (SSSR count). The lowest BCUT2D eigenvalue weighted by molar-refractivity contribution is -0.118. The summed E-state index contributed by atoms with van der Waals surface area (Å²) in [5.41, 5.74) is 2.55. The molecule has 0 aliphatic rings. The molecule has 1 aromatic heterocycles. The zero-order valence-electron chi connectivity index (χ0n) is 18.4. The second-order valence-electron chi connectivity index (χ2n) is 7.73. The van der Waals surface area contributed by atoms with Gasteiger partial charge in [0, 0.05) is 25.7 Å². The van der Waals surface area contributed by atoms with Crippen molar-refractivity contribution >= 4 is 28.5 Å². The Hall–Kier alpha value is -4.00. The van der Waals surface area contributed by atoms with Crippen molar-refractivity contribution in [2.24, 2.45) is 0 Å². The van der Waals surface area contributed by atoms with Crippen LogP contribution in [-0.2, 0) is 17.8 Å². The first-order valence-corrected chi connectivity index (χ1v) is 10.8. The van der Waals surface area contributed by atoms with E-state index in [0.29, 0.717) is 19.4 Å². The van der Waals surface area contributed by atoms with Crippen LogP contribution >= 0.6 is 0 Å². The second-order valence-corrected chi connectivity index (χ2v) is 7.73. The van der Waals surface area contributed by atoms with Crippen LogP contribution < -0.4 is 10.2 Å². The zero-order valence-corrected chi connectivity index (χ0v) is 18.4. The summed E-state index contributed by atoms with van der Waals surface area (Å²) in [6.45, 7) is 0.525. The molecule has 0 radical (unpaired) electrons. The standard InChI is InChI=1S/C26H25FN4O2/c1-30(19-10-3-2-4-11-19)25(32)18-31-23-15-8-7-14-22(23)29-24(31)16-9-17-28-26(33)20-12-5-6-13-21(20)27/h2-8,10-15H,9,16-18H2,1H3,(H,28,33). The Morgan fingerprint density at radius 1 is 0.970 bits per heavy atom. The van der Waals surface area contributed by atoms with Crippen molar-refractivity contribution in [3.63, 3.8) is 0 Å². The lowest BCUT2D eigenvalue weighted by Crippen LogP contribution is -2.30. The number of anilines is 1. The minimum atomic E-state index is -0.544. The SMILES string of the molecule is CN(C(=O)Cn1c(CCCNC(=O)c2ccccc2F)nc2ccccc21)c1ccccc1. The van der Waals surface area contributed by atoms with Crippen molar-refractivity contribution in [1.82, 2.24) is 14.9 Å². The number of nitrogens with one attached hydrogen (secondary N) is 1. The van der Waals surface area contributed by atoms with Crippen molar-refractivity contribution in [3.05, 3.63) is 96.1 Å². The van der Waals surface area contributed by atoms with Gasteiger partial charge >= 0.3 is 0 Å². The van der Waals surface area contributed by atoms with E-state index >= 15 is 0 Å². The number of para-hydroxylation sites is 3. The summed E-state index contributed by atoms with van der Waals surface area (Å²) in [4.78, 5) is 31.6. The van der Waals surface area contributed by atoms with Crippen LogP contribution in [0.5, 0.6) is 0 Å². The van der Waals surface area contributed by atoms with Gasteiger partial charge < -0.3 is 14.8 Å². The smallest absolute Gasteiger partial charge is 0.254 e. The number of nitrogens with zero attached hydrogens (tertiary/aromatic N) is 3. The highest BCUT2D eigenvalue weighted by atomic mass is 19.1. The maximum atomic E-state index is 13.8. The van der Waals surface area contributed by atoms with Gasteiger partial charge in [-0.25, -0.2) is 9.37 Å². The molecule has 1 N–H and O–H groups in total. The Morgan fingerprint density at radius 2 is 1.67 bits per heavy atom. The van der Waals surface area contributed by atoms with Crippen molar-refractivity contribution in [3.8, 4) is 0 Å². The fraction of sp³-hybridized carbons (Fsp3) is 0.192. The van der Waals surface area contributed by atoms with Crippen molar-refractivity contribution in [1.29, 1.82) is 0 Å². The number of fused-ring (bicyclic) bond motifs is 1. The Morgan fingerprint density at radius 3 is 2.45 bits per heavy atom. The summed E-state index contributed by atoms with van der Waals surface area (Å²) >= 11 is 0. The molecule has 0 saturated heterocycles.